The van der Waals surface area contributed by atoms with Gasteiger partial charge in [-0.2, -0.15) is 0 Å². The van der Waals surface area contributed by atoms with Gasteiger partial charge in [0.1, 0.15) is 17.8 Å². The number of methoxy groups -OCH3 is 1. The summed E-state index contributed by atoms with van der Waals surface area (Å²) in [6, 6.07) is 10.7. The summed E-state index contributed by atoms with van der Waals surface area (Å²) >= 11 is 0. The molecule has 1 aliphatic heterocycles. The van der Waals surface area contributed by atoms with Gasteiger partial charge in [-0.15, -0.1) is 0 Å². The van der Waals surface area contributed by atoms with E-state index in [1.54, 1.807) is 20.1 Å². The number of anilines is 1. The standard InChI is InChI=1S/C23H27N3O4/c1-14-10-15(2)20(16(3)11-14)24-19(27)13-26-21(28)23(4,25-22(26)29)12-17-8-6-7-9-18(17)30-5/h6-11H,12-13H2,1-5H3,(H,24,27)(H,25,29)/t23-/m0/s1. The van der Waals surface area contributed by atoms with E-state index >= 15 is 0 Å². The van der Waals surface area contributed by atoms with E-state index in [1.165, 1.54) is 0 Å². The number of para-hydroxylation sites is 1. The second-order valence-electron chi connectivity index (χ2n) is 7.96. The number of nitrogens with one attached hydrogen (secondary N) is 2. The molecule has 4 amide bonds. The molecule has 2 aromatic rings. The molecule has 1 heterocycles. The molecule has 0 aromatic heterocycles. The molecule has 0 saturated carbocycles. The van der Waals surface area contributed by atoms with Crippen molar-refractivity contribution in [3.63, 3.8) is 0 Å². The van der Waals surface area contributed by atoms with E-state index < -0.39 is 23.4 Å². The lowest BCUT2D eigenvalue weighted by molar-refractivity contribution is -0.133. The van der Waals surface area contributed by atoms with E-state index in [-0.39, 0.29) is 13.0 Å². The average molecular weight is 409 g/mol. The van der Waals surface area contributed by atoms with Gasteiger partial charge in [0, 0.05) is 12.1 Å². The summed E-state index contributed by atoms with van der Waals surface area (Å²) in [5, 5.41) is 5.57. The van der Waals surface area contributed by atoms with E-state index in [0.29, 0.717) is 11.4 Å². The molecule has 1 saturated heterocycles. The Kier molecular flexibility index (Phi) is 5.82. The second-order valence-corrected chi connectivity index (χ2v) is 7.96. The van der Waals surface area contributed by atoms with Crippen LogP contribution >= 0.6 is 0 Å². The maximum atomic E-state index is 13.0. The fraction of sp³-hybridized carbons (Fsp3) is 0.348. The van der Waals surface area contributed by atoms with Gasteiger partial charge in [-0.3, -0.25) is 14.5 Å². The molecule has 3 rings (SSSR count). The van der Waals surface area contributed by atoms with Gasteiger partial charge in [-0.1, -0.05) is 35.9 Å². The minimum absolute atomic E-state index is 0.260. The van der Waals surface area contributed by atoms with Crippen LogP contribution in [0.1, 0.15) is 29.2 Å². The van der Waals surface area contributed by atoms with Gasteiger partial charge < -0.3 is 15.4 Å². The number of urea groups is 1. The molecule has 0 bridgehead atoms. The third-order valence-electron chi connectivity index (χ3n) is 5.32. The topological polar surface area (TPSA) is 87.7 Å². The lowest BCUT2D eigenvalue weighted by atomic mass is 9.92. The highest BCUT2D eigenvalue weighted by atomic mass is 16.5. The van der Waals surface area contributed by atoms with Crippen molar-refractivity contribution in [2.24, 2.45) is 0 Å². The lowest BCUT2D eigenvalue weighted by Crippen LogP contribution is -2.46. The highest BCUT2D eigenvalue weighted by Crippen LogP contribution is 2.28. The Morgan fingerprint density at radius 2 is 1.77 bits per heavy atom. The zero-order valence-corrected chi connectivity index (χ0v) is 18.0. The van der Waals surface area contributed by atoms with Crippen LogP contribution < -0.4 is 15.4 Å². The number of rotatable bonds is 6. The largest absolute Gasteiger partial charge is 0.496 e. The van der Waals surface area contributed by atoms with Crippen LogP contribution in [-0.2, 0) is 16.0 Å². The number of amides is 4. The molecule has 7 nitrogen and oxygen atoms in total. The summed E-state index contributed by atoms with van der Waals surface area (Å²) in [5.74, 6) is -0.219. The van der Waals surface area contributed by atoms with Crippen LogP contribution in [0.4, 0.5) is 10.5 Å². The van der Waals surface area contributed by atoms with Crippen molar-refractivity contribution in [1.29, 1.82) is 0 Å². The number of ether oxygens (including phenoxy) is 1. The smallest absolute Gasteiger partial charge is 0.325 e. The number of benzene rings is 2. The number of hydrogen-bond donors (Lipinski definition) is 2. The van der Waals surface area contributed by atoms with Crippen molar-refractivity contribution in [3.05, 3.63) is 58.7 Å². The predicted octanol–water partition coefficient (Wildman–Crippen LogP) is 3.11. The zero-order chi connectivity index (χ0) is 22.1. The van der Waals surface area contributed by atoms with E-state index in [1.807, 2.05) is 51.1 Å². The van der Waals surface area contributed by atoms with Crippen LogP contribution in [-0.4, -0.2) is 41.9 Å². The molecule has 0 aliphatic carbocycles. The third-order valence-corrected chi connectivity index (χ3v) is 5.32. The Bertz CT molecular complexity index is 994. The highest BCUT2D eigenvalue weighted by molar-refractivity contribution is 6.10. The Balaban J connectivity index is 1.74. The van der Waals surface area contributed by atoms with Gasteiger partial charge in [0.25, 0.3) is 5.91 Å². The maximum Gasteiger partial charge on any atom is 0.325 e. The van der Waals surface area contributed by atoms with Crippen molar-refractivity contribution in [1.82, 2.24) is 10.2 Å². The van der Waals surface area contributed by atoms with Crippen molar-refractivity contribution < 1.29 is 19.1 Å². The Labute approximate surface area is 176 Å². The maximum absolute atomic E-state index is 13.0. The van der Waals surface area contributed by atoms with Gasteiger partial charge in [0.2, 0.25) is 5.91 Å². The molecule has 0 spiro atoms. The SMILES string of the molecule is COc1ccccc1C[C@]1(C)NC(=O)N(CC(=O)Nc2c(C)cc(C)cc2C)C1=O. The summed E-state index contributed by atoms with van der Waals surface area (Å²) < 4.78 is 5.35. The van der Waals surface area contributed by atoms with Crippen molar-refractivity contribution in [3.8, 4) is 5.75 Å². The molecule has 1 aliphatic rings. The molecule has 1 fully saturated rings. The number of carbonyl (C=O) groups is 3. The fourth-order valence-electron chi connectivity index (χ4n) is 3.94. The first-order valence-electron chi connectivity index (χ1n) is 9.78. The predicted molar refractivity (Wildman–Crippen MR) is 115 cm³/mol. The Hall–Kier alpha value is -3.35. The number of nitrogens with zero attached hydrogens (tertiary/aromatic N) is 1. The van der Waals surface area contributed by atoms with E-state index in [4.69, 9.17) is 4.74 Å². The van der Waals surface area contributed by atoms with Gasteiger partial charge in [0.15, 0.2) is 0 Å². The average Bonchev–Trinajstić information content (AvgIpc) is 2.88. The van der Waals surface area contributed by atoms with Crippen LogP contribution in [0.15, 0.2) is 36.4 Å². The molecule has 7 heteroatoms. The summed E-state index contributed by atoms with van der Waals surface area (Å²) in [6.07, 6.45) is 0.260. The molecule has 0 unspecified atom stereocenters. The molecular formula is C23H27N3O4. The van der Waals surface area contributed by atoms with Crippen molar-refractivity contribution in [2.45, 2.75) is 39.7 Å². The van der Waals surface area contributed by atoms with Crippen LogP contribution in [0.2, 0.25) is 0 Å². The number of carbonyl (C=O) groups excluding carboxylic acids is 3. The first-order chi connectivity index (χ1) is 14.1. The molecule has 2 aromatic carbocycles. The summed E-state index contributed by atoms with van der Waals surface area (Å²) in [4.78, 5) is 39.1. The number of imide groups is 1. The lowest BCUT2D eigenvalue weighted by Gasteiger charge is -2.23. The van der Waals surface area contributed by atoms with Crippen LogP contribution in [0, 0.1) is 20.8 Å². The molecule has 0 radical (unpaired) electrons. The first-order valence-corrected chi connectivity index (χ1v) is 9.78. The van der Waals surface area contributed by atoms with E-state index in [9.17, 15) is 14.4 Å². The monoisotopic (exact) mass is 409 g/mol. The minimum Gasteiger partial charge on any atom is -0.496 e. The van der Waals surface area contributed by atoms with Crippen LogP contribution in [0.5, 0.6) is 5.75 Å². The minimum atomic E-state index is -1.15. The summed E-state index contributed by atoms with van der Waals surface area (Å²) in [6.45, 7) is 7.12. The first kappa shape index (κ1) is 21.4. The van der Waals surface area contributed by atoms with Crippen LogP contribution in [0.3, 0.4) is 0 Å². The second kappa shape index (κ2) is 8.18. The molecule has 2 N–H and O–H groups in total. The van der Waals surface area contributed by atoms with Gasteiger partial charge >= 0.3 is 6.03 Å². The fourth-order valence-corrected chi connectivity index (χ4v) is 3.94. The third kappa shape index (κ3) is 4.15. The molecule has 158 valence electrons. The molecular weight excluding hydrogens is 382 g/mol. The Morgan fingerprint density at radius 3 is 2.40 bits per heavy atom. The molecule has 1 atom stereocenters. The van der Waals surface area contributed by atoms with Gasteiger partial charge in [0.05, 0.1) is 7.11 Å². The van der Waals surface area contributed by atoms with Crippen molar-refractivity contribution in [2.75, 3.05) is 19.0 Å². The van der Waals surface area contributed by atoms with E-state index in [0.717, 1.165) is 27.2 Å². The Morgan fingerprint density at radius 1 is 1.13 bits per heavy atom. The van der Waals surface area contributed by atoms with Gasteiger partial charge in [-0.05, 0) is 50.5 Å². The zero-order valence-electron chi connectivity index (χ0n) is 18.0. The highest BCUT2D eigenvalue weighted by Gasteiger charge is 2.48. The van der Waals surface area contributed by atoms with Crippen molar-refractivity contribution >= 4 is 23.5 Å². The quantitative estimate of drug-likeness (QED) is 0.718. The normalized spacial score (nSPS) is 18.4. The number of aryl methyl sites for hydroxylation is 3. The number of hydrogen-bond acceptors (Lipinski definition) is 4. The summed E-state index contributed by atoms with van der Waals surface area (Å²) in [5.41, 5.74) is 3.31. The molecule has 30 heavy (non-hydrogen) atoms. The van der Waals surface area contributed by atoms with Crippen LogP contribution in [0.25, 0.3) is 0 Å². The van der Waals surface area contributed by atoms with Gasteiger partial charge in [-0.25, -0.2) is 4.79 Å². The summed E-state index contributed by atoms with van der Waals surface area (Å²) in [7, 11) is 1.56. The van der Waals surface area contributed by atoms with E-state index in [2.05, 4.69) is 10.6 Å².